The van der Waals surface area contributed by atoms with Gasteiger partial charge in [0.2, 0.25) is 0 Å². The zero-order valence-corrected chi connectivity index (χ0v) is 12.4. The van der Waals surface area contributed by atoms with E-state index in [1.807, 2.05) is 0 Å². The van der Waals surface area contributed by atoms with E-state index in [9.17, 15) is 15.0 Å². The molecule has 1 aromatic rings. The van der Waals surface area contributed by atoms with Gasteiger partial charge in [0, 0.05) is 17.6 Å². The average molecular weight is 322 g/mol. The summed E-state index contributed by atoms with van der Waals surface area (Å²) >= 11 is 0. The minimum absolute atomic E-state index is 0.404. The molecule has 1 saturated heterocycles. The molecule has 1 aliphatic heterocycles. The van der Waals surface area contributed by atoms with Crippen LogP contribution in [0.4, 0.5) is 0 Å². The Bertz CT molecular complexity index is 578. The minimum Gasteiger partial charge on any atom is -0.394 e. The van der Waals surface area contributed by atoms with Crippen molar-refractivity contribution in [3.8, 4) is 0 Å². The van der Waals surface area contributed by atoms with Gasteiger partial charge in [-0.3, -0.25) is 4.79 Å². The normalized spacial score (nSPS) is 30.3. The van der Waals surface area contributed by atoms with Gasteiger partial charge in [-0.15, -0.1) is 0 Å². The van der Waals surface area contributed by atoms with Gasteiger partial charge in [-0.1, -0.05) is 23.3 Å². The quantitative estimate of drug-likeness (QED) is 0.404. The van der Waals surface area contributed by atoms with Crippen LogP contribution in [0.5, 0.6) is 0 Å². The van der Waals surface area contributed by atoms with Crippen molar-refractivity contribution >= 4 is 5.91 Å². The molecule has 0 radical (unpaired) electrons. The molecule has 1 amide bonds. The van der Waals surface area contributed by atoms with Crippen LogP contribution < -0.4 is 5.32 Å². The zero-order valence-electron chi connectivity index (χ0n) is 12.4. The summed E-state index contributed by atoms with van der Waals surface area (Å²) in [4.78, 5) is 15.0. The molecule has 0 unspecified atom stereocenters. The molecule has 9 heteroatoms. The predicted octanol–water partition coefficient (Wildman–Crippen LogP) is 0.188. The summed E-state index contributed by atoms with van der Waals surface area (Å²) < 4.78 is 10.6. The zero-order chi connectivity index (χ0) is 16.8. The summed E-state index contributed by atoms with van der Waals surface area (Å²) in [5.74, 6) is -0.422. The lowest BCUT2D eigenvalue weighted by Gasteiger charge is -2.42. The summed E-state index contributed by atoms with van der Waals surface area (Å²) in [7, 11) is 1.35. The van der Waals surface area contributed by atoms with Crippen LogP contribution in [0.3, 0.4) is 0 Å². The Morgan fingerprint density at radius 1 is 1.48 bits per heavy atom. The summed E-state index contributed by atoms with van der Waals surface area (Å²) in [5.41, 5.74) is 9.12. The Morgan fingerprint density at radius 2 is 2.17 bits per heavy atom. The molecule has 3 N–H and O–H groups in total. The molecule has 1 fully saturated rings. The highest BCUT2D eigenvalue weighted by atomic mass is 16.7. The van der Waals surface area contributed by atoms with E-state index in [1.54, 1.807) is 30.3 Å². The van der Waals surface area contributed by atoms with Crippen LogP contribution in [-0.2, 0) is 9.47 Å². The number of hydrogen-bond acceptors (Lipinski definition) is 6. The van der Waals surface area contributed by atoms with Crippen LogP contribution >= 0.6 is 0 Å². The highest BCUT2D eigenvalue weighted by Gasteiger charge is 2.45. The summed E-state index contributed by atoms with van der Waals surface area (Å²) in [6.45, 7) is -0.474. The number of methoxy groups -OCH3 is 1. The Balaban J connectivity index is 2.24. The standard InChI is InChI=1S/C14H18N4O5/c1-22-14-11(16-13(21)8-5-3-2-4-6-8)10(17-18-15)12(20)9(7-19)23-14/h2-6,9-12,14,19-20H,7H2,1H3,(H,16,21)/t9-,10+,11-,12+,14-/m1/s1. The third-order valence-corrected chi connectivity index (χ3v) is 3.63. The van der Waals surface area contributed by atoms with Crippen molar-refractivity contribution in [1.82, 2.24) is 5.32 Å². The predicted molar refractivity (Wildman–Crippen MR) is 79.4 cm³/mol. The number of benzene rings is 1. The third-order valence-electron chi connectivity index (χ3n) is 3.63. The average Bonchev–Trinajstić information content (AvgIpc) is 2.59. The molecule has 1 heterocycles. The largest absolute Gasteiger partial charge is 0.394 e. The first-order valence-corrected chi connectivity index (χ1v) is 6.99. The number of rotatable bonds is 5. The maximum absolute atomic E-state index is 12.3. The molecule has 0 aromatic heterocycles. The van der Waals surface area contributed by atoms with Crippen LogP contribution in [0, 0.1) is 0 Å². The van der Waals surface area contributed by atoms with E-state index in [4.69, 9.17) is 15.0 Å². The number of azide groups is 1. The molecule has 0 spiro atoms. The van der Waals surface area contributed by atoms with Crippen LogP contribution in [0.2, 0.25) is 0 Å². The number of carbonyl (C=O) groups is 1. The third kappa shape index (κ3) is 3.79. The van der Waals surface area contributed by atoms with Gasteiger partial charge in [0.25, 0.3) is 5.91 Å². The fourth-order valence-corrected chi connectivity index (χ4v) is 2.46. The first kappa shape index (κ1) is 17.2. The van der Waals surface area contributed by atoms with Gasteiger partial charge >= 0.3 is 0 Å². The van der Waals surface area contributed by atoms with Crippen molar-refractivity contribution in [2.75, 3.05) is 13.7 Å². The second-order valence-electron chi connectivity index (χ2n) is 5.01. The van der Waals surface area contributed by atoms with E-state index in [2.05, 4.69) is 15.3 Å². The Morgan fingerprint density at radius 3 is 2.74 bits per heavy atom. The van der Waals surface area contributed by atoms with Crippen molar-refractivity contribution in [1.29, 1.82) is 0 Å². The molecule has 1 aliphatic rings. The highest BCUT2D eigenvalue weighted by molar-refractivity contribution is 5.94. The number of carbonyl (C=O) groups excluding carboxylic acids is 1. The van der Waals surface area contributed by atoms with Crippen molar-refractivity contribution in [3.05, 3.63) is 46.3 Å². The van der Waals surface area contributed by atoms with E-state index in [1.165, 1.54) is 7.11 Å². The second kappa shape index (κ2) is 7.91. The fourth-order valence-electron chi connectivity index (χ4n) is 2.46. The Hall–Kier alpha value is -2.16. The molecule has 23 heavy (non-hydrogen) atoms. The molecule has 5 atom stereocenters. The number of aliphatic hydroxyl groups is 2. The topological polar surface area (TPSA) is 137 Å². The van der Waals surface area contributed by atoms with Gasteiger partial charge < -0.3 is 25.0 Å². The molecule has 2 rings (SSSR count). The molecule has 1 aromatic carbocycles. The first-order chi connectivity index (χ1) is 11.1. The van der Waals surface area contributed by atoms with Gasteiger partial charge in [0.1, 0.15) is 6.10 Å². The maximum atomic E-state index is 12.3. The lowest BCUT2D eigenvalue weighted by molar-refractivity contribution is -0.236. The van der Waals surface area contributed by atoms with Crippen LogP contribution in [0.15, 0.2) is 35.4 Å². The summed E-state index contributed by atoms with van der Waals surface area (Å²) in [6.07, 6.45) is -3.22. The van der Waals surface area contributed by atoms with Crippen molar-refractivity contribution in [3.63, 3.8) is 0 Å². The molecule has 0 bridgehead atoms. The minimum atomic E-state index is -1.27. The Kier molecular flexibility index (Phi) is 5.91. The van der Waals surface area contributed by atoms with Crippen LogP contribution in [0.1, 0.15) is 10.4 Å². The van der Waals surface area contributed by atoms with Gasteiger partial charge in [0.05, 0.1) is 24.8 Å². The van der Waals surface area contributed by atoms with Crippen molar-refractivity contribution in [2.24, 2.45) is 5.11 Å². The SMILES string of the molecule is CO[C@@H]1O[C@H](CO)[C@H](O)[C@@H](N=[N+]=[N-])[C@H]1NC(=O)c1ccccc1. The summed E-state index contributed by atoms with van der Waals surface area (Å²) in [6, 6.07) is 6.50. The molecule has 124 valence electrons. The number of hydrogen-bond donors (Lipinski definition) is 3. The van der Waals surface area contributed by atoms with E-state index in [-0.39, 0.29) is 0 Å². The molecular weight excluding hydrogens is 304 g/mol. The number of aliphatic hydroxyl groups excluding tert-OH is 2. The number of ether oxygens (including phenoxy) is 2. The molecule has 0 saturated carbocycles. The van der Waals surface area contributed by atoms with Gasteiger partial charge in [0.15, 0.2) is 6.29 Å². The van der Waals surface area contributed by atoms with Crippen molar-refractivity contribution < 1.29 is 24.5 Å². The van der Waals surface area contributed by atoms with Gasteiger partial charge in [-0.05, 0) is 17.7 Å². The number of nitrogens with one attached hydrogen (secondary N) is 1. The molecule has 9 nitrogen and oxygen atoms in total. The smallest absolute Gasteiger partial charge is 0.251 e. The molecular formula is C14H18N4O5. The maximum Gasteiger partial charge on any atom is 0.251 e. The van der Waals surface area contributed by atoms with E-state index in [0.717, 1.165) is 0 Å². The molecule has 0 aliphatic carbocycles. The van der Waals surface area contributed by atoms with Crippen LogP contribution in [-0.4, -0.2) is 60.4 Å². The van der Waals surface area contributed by atoms with E-state index in [0.29, 0.717) is 5.56 Å². The van der Waals surface area contributed by atoms with Crippen molar-refractivity contribution in [2.45, 2.75) is 30.6 Å². The monoisotopic (exact) mass is 322 g/mol. The van der Waals surface area contributed by atoms with Gasteiger partial charge in [-0.2, -0.15) is 0 Å². The first-order valence-electron chi connectivity index (χ1n) is 6.99. The fraction of sp³-hybridized carbons (Fsp3) is 0.500. The number of amides is 1. The Labute approximate surface area is 132 Å². The van der Waals surface area contributed by atoms with Gasteiger partial charge in [-0.25, -0.2) is 0 Å². The van der Waals surface area contributed by atoms with E-state index < -0.39 is 43.1 Å². The van der Waals surface area contributed by atoms with E-state index >= 15 is 0 Å². The highest BCUT2D eigenvalue weighted by Crippen LogP contribution is 2.24. The second-order valence-corrected chi connectivity index (χ2v) is 5.01. The van der Waals surface area contributed by atoms with Crippen LogP contribution in [0.25, 0.3) is 10.4 Å². The summed E-state index contributed by atoms with van der Waals surface area (Å²) in [5, 5.41) is 25.6. The number of nitrogens with zero attached hydrogens (tertiary/aromatic N) is 3. The lowest BCUT2D eigenvalue weighted by Crippen LogP contribution is -2.63. The lowest BCUT2D eigenvalue weighted by atomic mass is 9.94.